The van der Waals surface area contributed by atoms with E-state index >= 15 is 0 Å². The number of hydrogen-bond donors (Lipinski definition) is 1. The Morgan fingerprint density at radius 1 is 1.54 bits per heavy atom. The second-order valence-electron chi connectivity index (χ2n) is 2.42. The highest BCUT2D eigenvalue weighted by molar-refractivity contribution is 6.67. The molecule has 0 atom stereocenters. The Kier molecular flexibility index (Phi) is 1.70. The Morgan fingerprint density at radius 2 is 2.31 bits per heavy atom. The third kappa shape index (κ3) is 1.25. The molecule has 4 nitrogen and oxygen atoms in total. The van der Waals surface area contributed by atoms with Crippen LogP contribution in [-0.4, -0.2) is 15.3 Å². The van der Waals surface area contributed by atoms with Crippen LogP contribution in [0.3, 0.4) is 0 Å². The zero-order valence-corrected chi connectivity index (χ0v) is 7.08. The SMILES string of the molecule is O=C(Cl)c1nc2cccc(O)c2o1. The Balaban J connectivity index is 2.75. The van der Waals surface area contributed by atoms with Gasteiger partial charge in [0.25, 0.3) is 5.89 Å². The van der Waals surface area contributed by atoms with E-state index in [2.05, 4.69) is 4.98 Å². The van der Waals surface area contributed by atoms with Gasteiger partial charge in [0.15, 0.2) is 11.3 Å². The zero-order chi connectivity index (χ0) is 9.42. The Labute approximate surface area is 77.8 Å². The fraction of sp³-hybridized carbons (Fsp3) is 0. The number of aromatic nitrogens is 1. The molecule has 0 unspecified atom stereocenters. The predicted octanol–water partition coefficient (Wildman–Crippen LogP) is 1.91. The van der Waals surface area contributed by atoms with E-state index in [1.807, 2.05) is 0 Å². The Bertz CT molecular complexity index is 477. The van der Waals surface area contributed by atoms with Gasteiger partial charge in [-0.2, -0.15) is 0 Å². The van der Waals surface area contributed by atoms with E-state index in [0.29, 0.717) is 5.52 Å². The molecule has 0 amide bonds. The number of benzene rings is 1. The molecular weight excluding hydrogens is 194 g/mol. The van der Waals surface area contributed by atoms with Crippen LogP contribution in [0, 0.1) is 0 Å². The monoisotopic (exact) mass is 197 g/mol. The van der Waals surface area contributed by atoms with E-state index in [9.17, 15) is 9.90 Å². The summed E-state index contributed by atoms with van der Waals surface area (Å²) in [6.07, 6.45) is 0. The first kappa shape index (κ1) is 8.07. The minimum Gasteiger partial charge on any atom is -0.504 e. The zero-order valence-electron chi connectivity index (χ0n) is 6.32. The van der Waals surface area contributed by atoms with E-state index in [4.69, 9.17) is 16.0 Å². The van der Waals surface area contributed by atoms with Gasteiger partial charge < -0.3 is 9.52 Å². The quantitative estimate of drug-likeness (QED) is 0.710. The van der Waals surface area contributed by atoms with Crippen molar-refractivity contribution in [3.63, 3.8) is 0 Å². The highest BCUT2D eigenvalue weighted by Gasteiger charge is 2.13. The van der Waals surface area contributed by atoms with Crippen LogP contribution in [0.4, 0.5) is 0 Å². The fourth-order valence-corrected chi connectivity index (χ4v) is 1.10. The maximum Gasteiger partial charge on any atom is 0.307 e. The molecule has 0 bridgehead atoms. The number of hydrogen-bond acceptors (Lipinski definition) is 4. The van der Waals surface area contributed by atoms with Crippen molar-refractivity contribution in [2.24, 2.45) is 0 Å². The summed E-state index contributed by atoms with van der Waals surface area (Å²) in [6, 6.07) is 4.65. The Morgan fingerprint density at radius 3 is 2.92 bits per heavy atom. The van der Waals surface area contributed by atoms with Crippen LogP contribution in [0.25, 0.3) is 11.1 Å². The van der Waals surface area contributed by atoms with Gasteiger partial charge in [0.05, 0.1) is 0 Å². The molecule has 0 aliphatic rings. The van der Waals surface area contributed by atoms with Crippen LogP contribution in [0.1, 0.15) is 10.7 Å². The van der Waals surface area contributed by atoms with Crippen molar-refractivity contribution in [1.82, 2.24) is 4.98 Å². The highest BCUT2D eigenvalue weighted by Crippen LogP contribution is 2.25. The van der Waals surface area contributed by atoms with E-state index in [0.717, 1.165) is 0 Å². The minimum atomic E-state index is -0.782. The van der Waals surface area contributed by atoms with E-state index in [-0.39, 0.29) is 17.2 Å². The van der Waals surface area contributed by atoms with Crippen LogP contribution >= 0.6 is 11.6 Å². The number of halogens is 1. The summed E-state index contributed by atoms with van der Waals surface area (Å²) in [5.41, 5.74) is 0.579. The largest absolute Gasteiger partial charge is 0.504 e. The second-order valence-corrected chi connectivity index (χ2v) is 2.76. The van der Waals surface area contributed by atoms with Gasteiger partial charge in [-0.1, -0.05) is 6.07 Å². The molecule has 0 spiro atoms. The number of phenolic OH excluding ortho intramolecular Hbond substituents is 1. The van der Waals surface area contributed by atoms with Crippen LogP contribution in [0.5, 0.6) is 5.75 Å². The highest BCUT2D eigenvalue weighted by atomic mass is 35.5. The molecule has 13 heavy (non-hydrogen) atoms. The molecule has 1 heterocycles. The fourth-order valence-electron chi connectivity index (χ4n) is 1.02. The van der Waals surface area contributed by atoms with E-state index in [1.54, 1.807) is 12.1 Å². The van der Waals surface area contributed by atoms with Crippen molar-refractivity contribution < 1.29 is 14.3 Å². The molecule has 0 aliphatic carbocycles. The summed E-state index contributed by atoms with van der Waals surface area (Å²) >= 11 is 5.15. The maximum atomic E-state index is 10.7. The predicted molar refractivity (Wildman–Crippen MR) is 45.9 cm³/mol. The molecule has 0 radical (unpaired) electrons. The lowest BCUT2D eigenvalue weighted by molar-refractivity contribution is 0.105. The number of nitrogens with zero attached hydrogens (tertiary/aromatic N) is 1. The van der Waals surface area contributed by atoms with Crippen LogP contribution in [0.15, 0.2) is 22.6 Å². The van der Waals surface area contributed by atoms with Gasteiger partial charge in [-0.25, -0.2) is 4.98 Å². The molecular formula is C8H4ClNO3. The first-order valence-electron chi connectivity index (χ1n) is 3.47. The molecule has 1 N–H and O–H groups in total. The third-order valence-electron chi connectivity index (χ3n) is 1.56. The van der Waals surface area contributed by atoms with Gasteiger partial charge in [-0.05, 0) is 23.7 Å². The summed E-state index contributed by atoms with van der Waals surface area (Å²) in [7, 11) is 0. The molecule has 0 saturated heterocycles. The van der Waals surface area contributed by atoms with E-state index in [1.165, 1.54) is 6.07 Å². The number of phenols is 1. The van der Waals surface area contributed by atoms with Crippen molar-refractivity contribution in [2.75, 3.05) is 0 Å². The average Bonchev–Trinajstić information content (AvgIpc) is 2.49. The van der Waals surface area contributed by atoms with Crippen molar-refractivity contribution in [3.8, 4) is 5.75 Å². The second kappa shape index (κ2) is 2.74. The normalized spacial score (nSPS) is 10.5. The van der Waals surface area contributed by atoms with Gasteiger partial charge in [-0.15, -0.1) is 0 Å². The summed E-state index contributed by atoms with van der Waals surface area (Å²) in [4.78, 5) is 14.4. The van der Waals surface area contributed by atoms with Crippen molar-refractivity contribution in [3.05, 3.63) is 24.1 Å². The number of fused-ring (bicyclic) bond motifs is 1. The van der Waals surface area contributed by atoms with Gasteiger partial charge in [0, 0.05) is 0 Å². The standard InChI is InChI=1S/C8H4ClNO3/c9-7(12)8-10-4-2-1-3-5(11)6(4)13-8/h1-3,11H. The summed E-state index contributed by atoms with van der Waals surface area (Å²) in [5, 5.41) is 8.50. The molecule has 66 valence electrons. The first-order valence-corrected chi connectivity index (χ1v) is 3.84. The summed E-state index contributed by atoms with van der Waals surface area (Å²) < 4.78 is 4.92. The van der Waals surface area contributed by atoms with Crippen LogP contribution < -0.4 is 0 Å². The van der Waals surface area contributed by atoms with Crippen LogP contribution in [-0.2, 0) is 0 Å². The van der Waals surface area contributed by atoms with E-state index < -0.39 is 5.24 Å². The summed E-state index contributed by atoms with van der Waals surface area (Å²) in [6.45, 7) is 0. The molecule has 1 aromatic carbocycles. The lowest BCUT2D eigenvalue weighted by atomic mass is 10.3. The minimum absolute atomic E-state index is 0.0610. The Hall–Kier alpha value is -1.55. The van der Waals surface area contributed by atoms with Gasteiger partial charge in [0.2, 0.25) is 0 Å². The molecule has 0 fully saturated rings. The number of para-hydroxylation sites is 1. The van der Waals surface area contributed by atoms with Crippen molar-refractivity contribution >= 4 is 27.9 Å². The molecule has 2 aromatic rings. The number of carbonyl (C=O) groups excluding carboxylic acids is 1. The number of oxazole rings is 1. The van der Waals surface area contributed by atoms with Gasteiger partial charge in [-0.3, -0.25) is 4.79 Å². The molecule has 0 aliphatic heterocycles. The van der Waals surface area contributed by atoms with Crippen molar-refractivity contribution in [2.45, 2.75) is 0 Å². The molecule has 5 heteroatoms. The topological polar surface area (TPSA) is 63.3 Å². The average molecular weight is 198 g/mol. The lowest BCUT2D eigenvalue weighted by Crippen LogP contribution is -1.85. The number of carbonyl (C=O) groups is 1. The smallest absolute Gasteiger partial charge is 0.307 e. The van der Waals surface area contributed by atoms with Gasteiger partial charge in [0.1, 0.15) is 5.52 Å². The first-order chi connectivity index (χ1) is 6.18. The number of rotatable bonds is 1. The maximum absolute atomic E-state index is 10.7. The van der Waals surface area contributed by atoms with Gasteiger partial charge >= 0.3 is 5.24 Å². The molecule has 0 saturated carbocycles. The summed E-state index contributed by atoms with van der Waals surface area (Å²) in [5.74, 6) is -0.271. The third-order valence-corrected chi connectivity index (χ3v) is 1.72. The lowest BCUT2D eigenvalue weighted by Gasteiger charge is -1.88. The molecule has 1 aromatic heterocycles. The number of aromatic hydroxyl groups is 1. The molecule has 2 rings (SSSR count). The van der Waals surface area contributed by atoms with Crippen molar-refractivity contribution in [1.29, 1.82) is 0 Å². The van der Waals surface area contributed by atoms with Crippen LogP contribution in [0.2, 0.25) is 0 Å².